The first kappa shape index (κ1) is 30.1. The van der Waals surface area contributed by atoms with Crippen LogP contribution in [0.5, 0.6) is 0 Å². The number of nitrogens with one attached hydrogen (secondary N) is 1. The molecule has 4 rings (SSSR count). The maximum Gasteiger partial charge on any atom is 0.357 e. The summed E-state index contributed by atoms with van der Waals surface area (Å²) >= 11 is 0. The molecule has 9 nitrogen and oxygen atoms in total. The molecule has 218 valence electrons. The van der Waals surface area contributed by atoms with E-state index in [9.17, 15) is 27.1 Å². The van der Waals surface area contributed by atoms with Crippen molar-refractivity contribution in [2.24, 2.45) is 0 Å². The van der Waals surface area contributed by atoms with Crippen molar-refractivity contribution in [2.45, 2.75) is 44.2 Å². The summed E-state index contributed by atoms with van der Waals surface area (Å²) in [5.74, 6) is -6.26. The number of hydrogen-bond acceptors (Lipinski definition) is 6. The lowest BCUT2D eigenvalue weighted by Crippen LogP contribution is -2.22. The van der Waals surface area contributed by atoms with E-state index in [1.54, 1.807) is 0 Å². The summed E-state index contributed by atoms with van der Waals surface area (Å²) in [6, 6.07) is 5.12. The quantitative estimate of drug-likeness (QED) is 0.133. The van der Waals surface area contributed by atoms with Gasteiger partial charge in [0.05, 0.1) is 23.1 Å². The van der Waals surface area contributed by atoms with Crippen LogP contribution in [-0.2, 0) is 21.5 Å². The van der Waals surface area contributed by atoms with Gasteiger partial charge in [-0.15, -0.1) is 0 Å². The molecule has 0 aliphatic rings. The van der Waals surface area contributed by atoms with Crippen molar-refractivity contribution in [3.05, 3.63) is 71.2 Å². The molecule has 15 heteroatoms. The lowest BCUT2D eigenvalue weighted by molar-refractivity contribution is 0.0675. The van der Waals surface area contributed by atoms with Crippen molar-refractivity contribution in [3.63, 3.8) is 0 Å². The van der Waals surface area contributed by atoms with Gasteiger partial charge in [-0.05, 0) is 37.2 Å². The van der Waals surface area contributed by atoms with Gasteiger partial charge < -0.3 is 9.84 Å². The minimum absolute atomic E-state index is 0.0762. The first-order chi connectivity index (χ1) is 19.1. The van der Waals surface area contributed by atoms with Gasteiger partial charge in [0, 0.05) is 25.6 Å². The second-order valence-electron chi connectivity index (χ2n) is 10.5. The van der Waals surface area contributed by atoms with Crippen molar-refractivity contribution in [2.75, 3.05) is 11.3 Å². The fourth-order valence-corrected chi connectivity index (χ4v) is 6.07. The number of sulfonamides is 1. The Morgan fingerprint density at radius 1 is 1.10 bits per heavy atom. The topological polar surface area (TPSA) is 123 Å². The molecule has 4 aromatic rings. The number of aromatic carboxylic acids is 1. The van der Waals surface area contributed by atoms with E-state index in [1.165, 1.54) is 6.92 Å². The summed E-state index contributed by atoms with van der Waals surface area (Å²) in [5, 5.41) is 13.4. The van der Waals surface area contributed by atoms with Crippen LogP contribution in [0.15, 0.2) is 41.4 Å². The molecule has 0 bridgehead atoms. The summed E-state index contributed by atoms with van der Waals surface area (Å²) in [6.07, 6.45) is 0.807. The third-order valence-electron chi connectivity index (χ3n) is 6.16. The molecule has 0 saturated heterocycles. The summed E-state index contributed by atoms with van der Waals surface area (Å²) in [5.41, 5.74) is -3.19. The van der Waals surface area contributed by atoms with Gasteiger partial charge in [0.15, 0.2) is 17.3 Å². The number of carboxylic acids is 1. The van der Waals surface area contributed by atoms with Gasteiger partial charge in [0.25, 0.3) is 10.0 Å². The minimum Gasteiger partial charge on any atom is -0.476 e. The summed E-state index contributed by atoms with van der Waals surface area (Å²) in [4.78, 5) is 14.8. The van der Waals surface area contributed by atoms with Crippen LogP contribution in [0.4, 0.5) is 23.2 Å². The number of aryl methyl sites for hydroxylation is 1. The molecule has 0 atom stereocenters. The van der Waals surface area contributed by atoms with E-state index in [-0.39, 0.29) is 23.3 Å². The Kier molecular flexibility index (Phi) is 8.25. The van der Waals surface area contributed by atoms with E-state index in [0.717, 1.165) is 41.2 Å². The zero-order chi connectivity index (χ0) is 30.3. The highest BCUT2D eigenvalue weighted by atomic mass is 32.2. The highest BCUT2D eigenvalue weighted by Crippen LogP contribution is 2.36. The number of halogens is 4. The normalized spacial score (nSPS) is 12.2. The minimum atomic E-state index is -4.58. The van der Waals surface area contributed by atoms with E-state index in [0.29, 0.717) is 12.7 Å². The van der Waals surface area contributed by atoms with Gasteiger partial charge in [-0.25, -0.2) is 35.5 Å². The number of hydrogen-bond donors (Lipinski definition) is 2. The largest absolute Gasteiger partial charge is 0.476 e. The molecular weight excluding hydrogens is 584 g/mol. The van der Waals surface area contributed by atoms with Crippen molar-refractivity contribution >= 4 is 40.7 Å². The number of rotatable bonds is 10. The fourth-order valence-electron chi connectivity index (χ4n) is 4.05. The van der Waals surface area contributed by atoms with Crippen molar-refractivity contribution in [1.82, 2.24) is 14.8 Å². The van der Waals surface area contributed by atoms with Crippen LogP contribution in [-0.4, -0.2) is 48.9 Å². The maximum atomic E-state index is 16.0. The predicted octanol–water partition coefficient (Wildman–Crippen LogP) is 5.77. The zero-order valence-electron chi connectivity index (χ0n) is 22.4. The molecular formula is C26H26F4N4O5SSi. The Hall–Kier alpha value is -3.82. The van der Waals surface area contributed by atoms with E-state index in [1.807, 2.05) is 4.72 Å². The monoisotopic (exact) mass is 610 g/mol. The second kappa shape index (κ2) is 11.2. The molecule has 0 saturated carbocycles. The van der Waals surface area contributed by atoms with Crippen LogP contribution >= 0.6 is 0 Å². The van der Waals surface area contributed by atoms with E-state index in [4.69, 9.17) is 4.74 Å². The van der Waals surface area contributed by atoms with Gasteiger partial charge in [0.1, 0.15) is 28.8 Å². The van der Waals surface area contributed by atoms with E-state index in [2.05, 4.69) is 29.7 Å². The van der Waals surface area contributed by atoms with Crippen LogP contribution in [0.1, 0.15) is 16.2 Å². The van der Waals surface area contributed by atoms with E-state index < -0.39 is 74.7 Å². The number of carbonyl (C=O) groups is 1. The van der Waals surface area contributed by atoms with Crippen LogP contribution in [0.3, 0.4) is 0 Å². The van der Waals surface area contributed by atoms with Crippen molar-refractivity contribution in [1.29, 1.82) is 0 Å². The lowest BCUT2D eigenvalue weighted by atomic mass is 10.0. The number of aromatic nitrogens is 3. The molecule has 0 fully saturated rings. The summed E-state index contributed by atoms with van der Waals surface area (Å²) in [6.45, 7) is 7.67. The third-order valence-corrected chi connectivity index (χ3v) is 9.35. The van der Waals surface area contributed by atoms with Crippen LogP contribution in [0, 0.1) is 30.2 Å². The Morgan fingerprint density at radius 3 is 2.46 bits per heavy atom. The highest BCUT2D eigenvalue weighted by Gasteiger charge is 2.27. The number of anilines is 1. The van der Waals surface area contributed by atoms with Crippen LogP contribution < -0.4 is 4.72 Å². The van der Waals surface area contributed by atoms with Gasteiger partial charge in [0.2, 0.25) is 0 Å². The fraction of sp³-hybridized carbons (Fsp3) is 0.269. The molecule has 0 spiro atoms. The molecule has 0 unspecified atom stereocenters. The number of fused-ring (bicyclic) bond motifs is 1. The number of benzene rings is 2. The molecule has 41 heavy (non-hydrogen) atoms. The second-order valence-corrected chi connectivity index (χ2v) is 17.7. The van der Waals surface area contributed by atoms with Crippen LogP contribution in [0.25, 0.3) is 22.0 Å². The molecule has 2 aromatic carbocycles. The number of ether oxygens (including phenoxy) is 1. The first-order valence-corrected chi connectivity index (χ1v) is 17.4. The van der Waals surface area contributed by atoms with Crippen molar-refractivity contribution in [3.8, 4) is 11.1 Å². The molecule has 0 aliphatic heterocycles. The summed E-state index contributed by atoms with van der Waals surface area (Å²) in [7, 11) is -6.05. The molecule has 2 heterocycles. The van der Waals surface area contributed by atoms with Gasteiger partial charge >= 0.3 is 5.97 Å². The van der Waals surface area contributed by atoms with Gasteiger partial charge in [-0.1, -0.05) is 25.7 Å². The molecule has 0 amide bonds. The van der Waals surface area contributed by atoms with Crippen molar-refractivity contribution < 1.29 is 40.6 Å². The predicted molar refractivity (Wildman–Crippen MR) is 146 cm³/mol. The SMILES string of the molecule is Cc1ncc(F)cc1S(=O)(=O)Nc1ccc(F)c(-c2ccc3c(C(=O)O)nn(COCC[Si](C)(C)C)c3c2F)c1F. The number of carboxylic acid groups (broad SMARTS) is 1. The smallest absolute Gasteiger partial charge is 0.357 e. The standard InChI is InChI=1S/C26H26F4N4O5SSi/c1-14-20(11-15(27)12-31-14)40(37,38)33-19-8-7-18(28)21(23(19)30)16-5-6-17-24(26(35)36)32-34(25(17)22(16)29)13-39-9-10-41(2,3)4/h5-8,11-12,33H,9-10,13H2,1-4H3,(H,35,36). The van der Waals surface area contributed by atoms with Crippen LogP contribution in [0.2, 0.25) is 25.7 Å². The summed E-state index contributed by atoms with van der Waals surface area (Å²) < 4.78 is 94.5. The van der Waals surface area contributed by atoms with Gasteiger partial charge in [-0.2, -0.15) is 5.10 Å². The lowest BCUT2D eigenvalue weighted by Gasteiger charge is -2.16. The van der Waals surface area contributed by atoms with E-state index >= 15 is 8.78 Å². The Morgan fingerprint density at radius 2 is 1.80 bits per heavy atom. The Labute approximate surface area is 233 Å². The molecule has 2 N–H and O–H groups in total. The Balaban J connectivity index is 1.79. The first-order valence-electron chi connectivity index (χ1n) is 12.2. The average Bonchev–Trinajstić information content (AvgIpc) is 3.25. The third kappa shape index (κ3) is 6.26. The number of nitrogens with zero attached hydrogens (tertiary/aromatic N) is 3. The molecule has 0 aliphatic carbocycles. The van der Waals surface area contributed by atoms with Gasteiger partial charge in [-0.3, -0.25) is 9.71 Å². The zero-order valence-corrected chi connectivity index (χ0v) is 24.2. The number of pyridine rings is 1. The molecule has 0 radical (unpaired) electrons. The average molecular weight is 611 g/mol. The molecule has 2 aromatic heterocycles. The highest BCUT2D eigenvalue weighted by molar-refractivity contribution is 7.92. The maximum absolute atomic E-state index is 16.0. The Bertz CT molecular complexity index is 1770.